The van der Waals surface area contributed by atoms with E-state index >= 15 is 0 Å². The predicted molar refractivity (Wildman–Crippen MR) is 69.6 cm³/mol. The Morgan fingerprint density at radius 3 is 2.83 bits per heavy atom. The molecule has 1 aliphatic carbocycles. The Morgan fingerprint density at radius 2 is 2.28 bits per heavy atom. The quantitative estimate of drug-likeness (QED) is 0.831. The summed E-state index contributed by atoms with van der Waals surface area (Å²) in [7, 11) is 0. The van der Waals surface area contributed by atoms with Crippen molar-refractivity contribution in [2.75, 3.05) is 0 Å². The molecule has 2 aromatic rings. The first kappa shape index (κ1) is 11.8. The maximum Gasteiger partial charge on any atom is 0.188 e. The van der Waals surface area contributed by atoms with Crippen LogP contribution in [-0.2, 0) is 11.1 Å². The van der Waals surface area contributed by atoms with Crippen LogP contribution >= 0.6 is 0 Å². The summed E-state index contributed by atoms with van der Waals surface area (Å²) in [6, 6.07) is 5.47. The van der Waals surface area contributed by atoms with Crippen molar-refractivity contribution in [1.82, 2.24) is 9.55 Å². The van der Waals surface area contributed by atoms with Crippen LogP contribution in [0.1, 0.15) is 37.7 Å². The number of nitrogens with zero attached hydrogens (tertiary/aromatic N) is 2. The number of hydrogen-bond acceptors (Lipinski definition) is 3. The average molecular weight is 265 g/mol. The standard InChI is InChI=1S/C12H15N3O2S/c1-7(13)12-14-9-3-2-4-10(18(16)17)11(9)15(12)8-5-6-8/h2-4,7-8H,5-6,13H2,1H3,(H,16,17). The fraction of sp³-hybridized carbons (Fsp3) is 0.417. The largest absolute Gasteiger partial charge is 0.322 e. The van der Waals surface area contributed by atoms with Gasteiger partial charge in [-0.1, -0.05) is 6.07 Å². The molecule has 2 atom stereocenters. The number of imidazole rings is 1. The van der Waals surface area contributed by atoms with Gasteiger partial charge in [-0.3, -0.25) is 0 Å². The molecule has 0 saturated heterocycles. The van der Waals surface area contributed by atoms with E-state index in [1.54, 1.807) is 12.1 Å². The third kappa shape index (κ3) is 1.77. The summed E-state index contributed by atoms with van der Waals surface area (Å²) < 4.78 is 22.9. The van der Waals surface area contributed by atoms with E-state index in [1.807, 2.05) is 17.6 Å². The van der Waals surface area contributed by atoms with Crippen molar-refractivity contribution in [2.24, 2.45) is 5.73 Å². The van der Waals surface area contributed by atoms with Crippen molar-refractivity contribution in [1.29, 1.82) is 0 Å². The van der Waals surface area contributed by atoms with E-state index in [-0.39, 0.29) is 6.04 Å². The number of benzene rings is 1. The van der Waals surface area contributed by atoms with E-state index in [4.69, 9.17) is 5.73 Å². The van der Waals surface area contributed by atoms with E-state index in [0.29, 0.717) is 10.9 Å². The Balaban J connectivity index is 2.36. The number of nitrogens with two attached hydrogens (primary N) is 1. The Morgan fingerprint density at radius 1 is 1.56 bits per heavy atom. The molecule has 0 spiro atoms. The lowest BCUT2D eigenvalue weighted by atomic mass is 10.3. The zero-order valence-electron chi connectivity index (χ0n) is 10.0. The van der Waals surface area contributed by atoms with Gasteiger partial charge in [-0.05, 0) is 31.9 Å². The molecule has 1 fully saturated rings. The molecule has 1 saturated carbocycles. The molecule has 5 nitrogen and oxygen atoms in total. The molecule has 0 amide bonds. The highest BCUT2D eigenvalue weighted by molar-refractivity contribution is 7.79. The second-order valence-corrected chi connectivity index (χ2v) is 5.67. The Hall–Kier alpha value is -1.24. The number of para-hydroxylation sites is 1. The van der Waals surface area contributed by atoms with Crippen molar-refractivity contribution in [3.63, 3.8) is 0 Å². The number of aromatic nitrogens is 2. The molecule has 6 heteroatoms. The van der Waals surface area contributed by atoms with Crippen LogP contribution in [0, 0.1) is 0 Å². The topological polar surface area (TPSA) is 81.1 Å². The molecule has 0 aliphatic heterocycles. The molecule has 3 rings (SSSR count). The maximum absolute atomic E-state index is 11.4. The summed E-state index contributed by atoms with van der Waals surface area (Å²) in [5.74, 6) is 0.797. The van der Waals surface area contributed by atoms with Gasteiger partial charge in [-0.2, -0.15) is 0 Å². The summed E-state index contributed by atoms with van der Waals surface area (Å²) >= 11 is -2.00. The molecule has 0 radical (unpaired) electrons. The average Bonchev–Trinajstić information content (AvgIpc) is 3.07. The molecular weight excluding hydrogens is 250 g/mol. The first-order valence-electron chi connectivity index (χ1n) is 5.97. The molecule has 3 N–H and O–H groups in total. The maximum atomic E-state index is 11.4. The zero-order valence-corrected chi connectivity index (χ0v) is 10.9. The fourth-order valence-corrected chi connectivity index (χ4v) is 2.86. The van der Waals surface area contributed by atoms with Crippen LogP contribution in [0.3, 0.4) is 0 Å². The lowest BCUT2D eigenvalue weighted by Crippen LogP contribution is -2.13. The molecule has 2 unspecified atom stereocenters. The second kappa shape index (κ2) is 4.15. The van der Waals surface area contributed by atoms with Crippen LogP contribution in [0.4, 0.5) is 0 Å². The van der Waals surface area contributed by atoms with Crippen LogP contribution < -0.4 is 5.73 Å². The minimum atomic E-state index is -2.00. The lowest BCUT2D eigenvalue weighted by Gasteiger charge is -2.11. The van der Waals surface area contributed by atoms with Gasteiger partial charge in [0.15, 0.2) is 11.1 Å². The van der Waals surface area contributed by atoms with Crippen LogP contribution in [-0.4, -0.2) is 18.3 Å². The van der Waals surface area contributed by atoms with Crippen molar-refractivity contribution < 1.29 is 8.76 Å². The smallest absolute Gasteiger partial charge is 0.188 e. The summed E-state index contributed by atoms with van der Waals surface area (Å²) in [4.78, 5) is 4.92. The van der Waals surface area contributed by atoms with Crippen molar-refractivity contribution in [3.8, 4) is 0 Å². The third-order valence-electron chi connectivity index (χ3n) is 3.21. The van der Waals surface area contributed by atoms with E-state index in [9.17, 15) is 8.76 Å². The molecule has 1 aliphatic rings. The Labute approximate surface area is 107 Å². The van der Waals surface area contributed by atoms with E-state index in [1.165, 1.54) is 0 Å². The summed E-state index contributed by atoms with van der Waals surface area (Å²) in [6.07, 6.45) is 2.16. The lowest BCUT2D eigenvalue weighted by molar-refractivity contribution is 0.564. The highest BCUT2D eigenvalue weighted by Gasteiger charge is 2.30. The second-order valence-electron chi connectivity index (χ2n) is 4.73. The first-order chi connectivity index (χ1) is 8.59. The minimum absolute atomic E-state index is 0.182. The highest BCUT2D eigenvalue weighted by atomic mass is 32.2. The molecule has 96 valence electrons. The summed E-state index contributed by atoms with van der Waals surface area (Å²) in [5, 5.41) is 0. The van der Waals surface area contributed by atoms with Gasteiger partial charge < -0.3 is 14.9 Å². The van der Waals surface area contributed by atoms with Gasteiger partial charge in [0.25, 0.3) is 0 Å². The third-order valence-corrected chi connectivity index (χ3v) is 3.91. The van der Waals surface area contributed by atoms with E-state index in [2.05, 4.69) is 4.98 Å². The van der Waals surface area contributed by atoms with Crippen LogP contribution in [0.15, 0.2) is 23.1 Å². The van der Waals surface area contributed by atoms with Crippen LogP contribution in [0.2, 0.25) is 0 Å². The van der Waals surface area contributed by atoms with Gasteiger partial charge in [0.1, 0.15) is 5.82 Å². The number of fused-ring (bicyclic) bond motifs is 1. The van der Waals surface area contributed by atoms with Crippen LogP contribution in [0.5, 0.6) is 0 Å². The summed E-state index contributed by atoms with van der Waals surface area (Å²) in [5.41, 5.74) is 7.45. The van der Waals surface area contributed by atoms with Gasteiger partial charge in [-0.15, -0.1) is 0 Å². The van der Waals surface area contributed by atoms with Crippen molar-refractivity contribution >= 4 is 22.1 Å². The molecule has 0 bridgehead atoms. The molecule has 1 heterocycles. The SMILES string of the molecule is CC(N)c1nc2cccc(S(=O)O)c2n1C1CC1. The minimum Gasteiger partial charge on any atom is -0.322 e. The van der Waals surface area contributed by atoms with E-state index in [0.717, 1.165) is 29.7 Å². The molecule has 18 heavy (non-hydrogen) atoms. The first-order valence-corrected chi connectivity index (χ1v) is 7.07. The van der Waals surface area contributed by atoms with Gasteiger partial charge >= 0.3 is 0 Å². The normalized spacial score (nSPS) is 19.1. The van der Waals surface area contributed by atoms with Gasteiger partial charge in [-0.25, -0.2) is 9.19 Å². The number of rotatable bonds is 3. The molecular formula is C12H15N3O2S. The molecule has 1 aromatic heterocycles. The summed E-state index contributed by atoms with van der Waals surface area (Å²) in [6.45, 7) is 1.88. The van der Waals surface area contributed by atoms with E-state index < -0.39 is 11.1 Å². The fourth-order valence-electron chi connectivity index (χ4n) is 2.30. The molecule has 1 aromatic carbocycles. The Bertz CT molecular complexity index is 632. The van der Waals surface area contributed by atoms with Crippen molar-refractivity contribution in [3.05, 3.63) is 24.0 Å². The van der Waals surface area contributed by atoms with Gasteiger partial charge in [0.2, 0.25) is 0 Å². The monoisotopic (exact) mass is 265 g/mol. The number of hydrogen-bond donors (Lipinski definition) is 2. The highest BCUT2D eigenvalue weighted by Crippen LogP contribution is 2.40. The van der Waals surface area contributed by atoms with Gasteiger partial charge in [0, 0.05) is 6.04 Å². The van der Waals surface area contributed by atoms with Crippen molar-refractivity contribution in [2.45, 2.75) is 36.7 Å². The zero-order chi connectivity index (χ0) is 12.9. The van der Waals surface area contributed by atoms with Gasteiger partial charge in [0.05, 0.1) is 22.0 Å². The predicted octanol–water partition coefficient (Wildman–Crippen LogP) is 1.97. The van der Waals surface area contributed by atoms with Crippen LogP contribution in [0.25, 0.3) is 11.0 Å². The Kier molecular flexibility index (Phi) is 2.73.